The highest BCUT2D eigenvalue weighted by Gasteiger charge is 2.20. The Hall–Kier alpha value is -2.95. The van der Waals surface area contributed by atoms with Gasteiger partial charge in [0.1, 0.15) is 0 Å². The summed E-state index contributed by atoms with van der Waals surface area (Å²) in [5.41, 5.74) is 3.48. The Morgan fingerprint density at radius 1 is 1.32 bits per heavy atom. The van der Waals surface area contributed by atoms with Crippen LogP contribution in [0, 0.1) is 0 Å². The lowest BCUT2D eigenvalue weighted by molar-refractivity contribution is -0.000105. The van der Waals surface area contributed by atoms with Crippen LogP contribution < -0.4 is 16.7 Å². The molecule has 1 unspecified atom stereocenters. The lowest BCUT2D eigenvalue weighted by Gasteiger charge is -2.16. The number of hydrogen-bond donors (Lipinski definition) is 3. The Morgan fingerprint density at radius 2 is 2.00 bits per heavy atom. The molecule has 2 heterocycles. The van der Waals surface area contributed by atoms with Crippen molar-refractivity contribution in [1.29, 1.82) is 0 Å². The molecule has 1 atom stereocenters. The Bertz CT molecular complexity index is 1210. The smallest absolute Gasteiger partial charge is 0.329 e. The van der Waals surface area contributed by atoms with E-state index in [2.05, 4.69) is 20.5 Å². The molecule has 166 valence electrons. The van der Waals surface area contributed by atoms with Crippen LogP contribution in [0.3, 0.4) is 0 Å². The summed E-state index contributed by atoms with van der Waals surface area (Å²) in [7, 11) is 1.50. The molecule has 0 aliphatic rings. The first-order valence-corrected chi connectivity index (χ1v) is 10.1. The predicted molar refractivity (Wildman–Crippen MR) is 120 cm³/mol. The second kappa shape index (κ2) is 9.46. The number of hydrogen-bond acceptors (Lipinski definition) is 7. The maximum absolute atomic E-state index is 12.5. The van der Waals surface area contributed by atoms with Gasteiger partial charge in [0.15, 0.2) is 11.2 Å². The Morgan fingerprint density at radius 3 is 2.65 bits per heavy atom. The second-order valence-electron chi connectivity index (χ2n) is 7.39. The van der Waals surface area contributed by atoms with Gasteiger partial charge in [0.25, 0.3) is 5.56 Å². The van der Waals surface area contributed by atoms with Crippen LogP contribution in [0.2, 0.25) is 5.02 Å². The summed E-state index contributed by atoms with van der Waals surface area (Å²) >= 11 is 5.93. The van der Waals surface area contributed by atoms with Crippen LogP contribution in [0.1, 0.15) is 26.3 Å². The molecule has 0 radical (unpaired) electrons. The van der Waals surface area contributed by atoms with Crippen LogP contribution in [0.5, 0.6) is 0 Å². The first kappa shape index (κ1) is 22.7. The molecule has 2 aromatic heterocycles. The summed E-state index contributed by atoms with van der Waals surface area (Å²) in [5, 5.41) is 15.4. The molecular weight excluding hydrogens is 424 g/mol. The van der Waals surface area contributed by atoms with E-state index in [-0.39, 0.29) is 36.4 Å². The van der Waals surface area contributed by atoms with Crippen molar-refractivity contribution >= 4 is 34.4 Å². The molecule has 0 aliphatic heterocycles. The van der Waals surface area contributed by atoms with Gasteiger partial charge in [-0.05, 0) is 38.5 Å². The fourth-order valence-electron chi connectivity index (χ4n) is 2.95. The number of ether oxygens (including phenoxy) is 1. The van der Waals surface area contributed by atoms with E-state index in [0.717, 1.165) is 5.56 Å². The van der Waals surface area contributed by atoms with Crippen molar-refractivity contribution in [3.63, 3.8) is 0 Å². The molecule has 0 amide bonds. The van der Waals surface area contributed by atoms with E-state index in [9.17, 15) is 14.7 Å². The topological polar surface area (TPSA) is 127 Å². The Kier molecular flexibility index (Phi) is 6.94. The quantitative estimate of drug-likeness (QED) is 0.355. The number of fused-ring (bicyclic) bond motifs is 1. The van der Waals surface area contributed by atoms with Crippen molar-refractivity contribution in [1.82, 2.24) is 19.1 Å². The number of imidazole rings is 1. The van der Waals surface area contributed by atoms with Crippen molar-refractivity contribution in [2.75, 3.05) is 12.0 Å². The van der Waals surface area contributed by atoms with Crippen molar-refractivity contribution < 1.29 is 9.84 Å². The van der Waals surface area contributed by atoms with Gasteiger partial charge >= 0.3 is 5.69 Å². The SMILES string of the molecule is C/C(=N/Nc1nc2c(c(=O)[nH]c(=O)n2C)n1CC(O)COC(C)C)c1ccc(Cl)cc1. The summed E-state index contributed by atoms with van der Waals surface area (Å²) in [4.78, 5) is 31.1. The molecule has 0 fully saturated rings. The largest absolute Gasteiger partial charge is 0.389 e. The number of nitrogens with zero attached hydrogens (tertiary/aromatic N) is 4. The summed E-state index contributed by atoms with van der Waals surface area (Å²) in [5.74, 6) is 0.207. The number of anilines is 1. The molecule has 3 aromatic rings. The molecule has 1 aromatic carbocycles. The zero-order valence-electron chi connectivity index (χ0n) is 17.7. The van der Waals surface area contributed by atoms with Crippen LogP contribution >= 0.6 is 11.6 Å². The van der Waals surface area contributed by atoms with E-state index in [4.69, 9.17) is 16.3 Å². The number of nitrogens with one attached hydrogen (secondary N) is 2. The summed E-state index contributed by atoms with van der Waals surface area (Å²) < 4.78 is 8.17. The van der Waals surface area contributed by atoms with Crippen molar-refractivity contribution in [2.45, 2.75) is 39.5 Å². The van der Waals surface area contributed by atoms with Crippen LogP contribution in [-0.2, 0) is 18.3 Å². The summed E-state index contributed by atoms with van der Waals surface area (Å²) in [6, 6.07) is 7.16. The van der Waals surface area contributed by atoms with Crippen molar-refractivity contribution in [2.24, 2.45) is 12.1 Å². The highest BCUT2D eigenvalue weighted by Crippen LogP contribution is 2.17. The van der Waals surface area contributed by atoms with E-state index < -0.39 is 17.4 Å². The third-order valence-corrected chi connectivity index (χ3v) is 4.86. The van der Waals surface area contributed by atoms with Crippen molar-refractivity contribution in [3.05, 3.63) is 55.7 Å². The number of aliphatic hydroxyl groups excluding tert-OH is 1. The Labute approximate surface area is 183 Å². The maximum atomic E-state index is 12.5. The number of aromatic nitrogens is 4. The molecule has 11 heteroatoms. The standard InChI is InChI=1S/C20H25ClN6O4/c1-11(2)31-10-15(28)9-27-16-17(26(4)20(30)23-18(16)29)22-19(27)25-24-12(3)13-5-7-14(21)8-6-13/h5-8,11,15,28H,9-10H2,1-4H3,(H,22,25)(H,23,29,30)/b24-12-. The summed E-state index contributed by atoms with van der Waals surface area (Å²) in [6.07, 6.45) is -0.957. The average molecular weight is 449 g/mol. The lowest BCUT2D eigenvalue weighted by Crippen LogP contribution is -2.30. The molecule has 0 aliphatic carbocycles. The number of rotatable bonds is 8. The van der Waals surface area contributed by atoms with Crippen LogP contribution in [-0.4, -0.2) is 48.7 Å². The molecule has 0 bridgehead atoms. The lowest BCUT2D eigenvalue weighted by atomic mass is 10.1. The van der Waals surface area contributed by atoms with Gasteiger partial charge in [0.05, 0.1) is 31.1 Å². The van der Waals surface area contributed by atoms with E-state index >= 15 is 0 Å². The average Bonchev–Trinajstić information content (AvgIpc) is 3.08. The molecule has 0 saturated heterocycles. The van der Waals surface area contributed by atoms with Gasteiger partial charge in [-0.2, -0.15) is 10.1 Å². The number of halogens is 1. The number of hydrazone groups is 1. The zero-order valence-corrected chi connectivity index (χ0v) is 18.5. The number of benzene rings is 1. The van der Waals surface area contributed by atoms with E-state index in [1.54, 1.807) is 19.1 Å². The van der Waals surface area contributed by atoms with E-state index in [1.165, 1.54) is 16.2 Å². The highest BCUT2D eigenvalue weighted by molar-refractivity contribution is 6.30. The van der Waals surface area contributed by atoms with Crippen LogP contribution in [0.15, 0.2) is 39.0 Å². The minimum atomic E-state index is -0.904. The Balaban J connectivity index is 2.00. The van der Waals surface area contributed by atoms with Gasteiger partial charge in [0, 0.05) is 12.1 Å². The second-order valence-corrected chi connectivity index (χ2v) is 7.82. The van der Waals surface area contributed by atoms with Gasteiger partial charge in [0.2, 0.25) is 5.95 Å². The van der Waals surface area contributed by atoms with Crippen LogP contribution in [0.4, 0.5) is 5.95 Å². The normalized spacial score (nSPS) is 13.2. The zero-order chi connectivity index (χ0) is 22.7. The fourth-order valence-corrected chi connectivity index (χ4v) is 3.08. The molecule has 10 nitrogen and oxygen atoms in total. The number of aromatic amines is 1. The molecular formula is C20H25ClN6O4. The monoisotopic (exact) mass is 448 g/mol. The van der Waals surface area contributed by atoms with Gasteiger partial charge in [-0.1, -0.05) is 23.7 Å². The number of aryl methyl sites for hydroxylation is 1. The molecule has 3 N–H and O–H groups in total. The van der Waals surface area contributed by atoms with E-state index in [0.29, 0.717) is 10.7 Å². The number of H-pyrrole nitrogens is 1. The molecule has 0 saturated carbocycles. The van der Waals surface area contributed by atoms with Gasteiger partial charge in [-0.15, -0.1) is 0 Å². The maximum Gasteiger partial charge on any atom is 0.329 e. The third kappa shape index (κ3) is 5.22. The highest BCUT2D eigenvalue weighted by atomic mass is 35.5. The van der Waals surface area contributed by atoms with Crippen LogP contribution in [0.25, 0.3) is 11.2 Å². The molecule has 31 heavy (non-hydrogen) atoms. The minimum Gasteiger partial charge on any atom is -0.389 e. The van der Waals surface area contributed by atoms with Gasteiger partial charge in [-0.3, -0.25) is 14.3 Å². The summed E-state index contributed by atoms with van der Waals surface area (Å²) in [6.45, 7) is 5.62. The number of aliphatic hydroxyl groups is 1. The fraction of sp³-hybridized carbons (Fsp3) is 0.400. The van der Waals surface area contributed by atoms with Gasteiger partial charge in [-0.25, -0.2) is 10.2 Å². The third-order valence-electron chi connectivity index (χ3n) is 4.61. The molecule has 3 rings (SSSR count). The predicted octanol–water partition coefficient (Wildman–Crippen LogP) is 1.70. The minimum absolute atomic E-state index is 0.0162. The van der Waals surface area contributed by atoms with Gasteiger partial charge < -0.3 is 14.4 Å². The molecule has 0 spiro atoms. The first-order chi connectivity index (χ1) is 14.7. The van der Waals surface area contributed by atoms with Crippen molar-refractivity contribution in [3.8, 4) is 0 Å². The first-order valence-electron chi connectivity index (χ1n) is 9.72. The van der Waals surface area contributed by atoms with E-state index in [1.807, 2.05) is 26.0 Å².